The minimum Gasteiger partial charge on any atom is -0.390 e. The average Bonchev–Trinajstić information content (AvgIpc) is 2.66. The standard InChI is InChI=1S/C14H19NO3/c1-3-18-9(2)14(17)15-13-11-7-5-4-6-10(11)8-12(13)16/h4-7,9,12-13,16H,3,8H2,1-2H3,(H,15,17). The fraction of sp³-hybridized carbons (Fsp3) is 0.500. The van der Waals surface area contributed by atoms with Crippen molar-refractivity contribution in [2.45, 2.75) is 38.5 Å². The SMILES string of the molecule is CCOC(C)C(=O)NC1c2ccccc2CC1O. The van der Waals surface area contributed by atoms with Crippen molar-refractivity contribution in [3.05, 3.63) is 35.4 Å². The van der Waals surface area contributed by atoms with E-state index in [1.54, 1.807) is 6.92 Å². The quantitative estimate of drug-likeness (QED) is 0.842. The molecule has 0 saturated carbocycles. The van der Waals surface area contributed by atoms with Crippen molar-refractivity contribution >= 4 is 5.91 Å². The van der Waals surface area contributed by atoms with E-state index in [0.29, 0.717) is 13.0 Å². The van der Waals surface area contributed by atoms with Crippen LogP contribution in [0.25, 0.3) is 0 Å². The van der Waals surface area contributed by atoms with Gasteiger partial charge in [0.25, 0.3) is 0 Å². The number of nitrogens with one attached hydrogen (secondary N) is 1. The van der Waals surface area contributed by atoms with Gasteiger partial charge < -0.3 is 15.2 Å². The van der Waals surface area contributed by atoms with E-state index in [9.17, 15) is 9.90 Å². The Morgan fingerprint density at radius 3 is 3.00 bits per heavy atom. The van der Waals surface area contributed by atoms with Crippen molar-refractivity contribution in [3.63, 3.8) is 0 Å². The highest BCUT2D eigenvalue weighted by Crippen LogP contribution is 2.31. The summed E-state index contributed by atoms with van der Waals surface area (Å²) in [4.78, 5) is 11.9. The molecule has 3 unspecified atom stereocenters. The summed E-state index contributed by atoms with van der Waals surface area (Å²) in [6.45, 7) is 4.06. The number of fused-ring (bicyclic) bond motifs is 1. The van der Waals surface area contributed by atoms with Gasteiger partial charge in [0.05, 0.1) is 12.1 Å². The van der Waals surface area contributed by atoms with Crippen LogP contribution in [-0.2, 0) is 16.0 Å². The molecule has 0 spiro atoms. The smallest absolute Gasteiger partial charge is 0.249 e. The number of amides is 1. The van der Waals surface area contributed by atoms with Crippen LogP contribution in [0.2, 0.25) is 0 Å². The molecular formula is C14H19NO3. The van der Waals surface area contributed by atoms with Crippen LogP contribution in [0.1, 0.15) is 31.0 Å². The molecule has 0 bridgehead atoms. The van der Waals surface area contributed by atoms with Gasteiger partial charge in [-0.1, -0.05) is 24.3 Å². The van der Waals surface area contributed by atoms with Crippen LogP contribution in [0.5, 0.6) is 0 Å². The molecular weight excluding hydrogens is 230 g/mol. The Bertz CT molecular complexity index is 433. The molecule has 1 aromatic rings. The molecule has 18 heavy (non-hydrogen) atoms. The number of aliphatic hydroxyl groups excluding tert-OH is 1. The molecule has 2 N–H and O–H groups in total. The minimum absolute atomic E-state index is 0.183. The summed E-state index contributed by atoms with van der Waals surface area (Å²) in [6.07, 6.45) is -0.459. The van der Waals surface area contributed by atoms with Gasteiger partial charge in [-0.2, -0.15) is 0 Å². The molecule has 0 fully saturated rings. The molecule has 0 aromatic heterocycles. The molecule has 0 saturated heterocycles. The monoisotopic (exact) mass is 249 g/mol. The Kier molecular flexibility index (Phi) is 3.99. The highest BCUT2D eigenvalue weighted by molar-refractivity contribution is 5.81. The van der Waals surface area contributed by atoms with E-state index in [1.165, 1.54) is 0 Å². The average molecular weight is 249 g/mol. The normalized spacial score (nSPS) is 23.5. The van der Waals surface area contributed by atoms with Crippen LogP contribution in [0.15, 0.2) is 24.3 Å². The van der Waals surface area contributed by atoms with Gasteiger partial charge in [0.1, 0.15) is 6.10 Å². The lowest BCUT2D eigenvalue weighted by molar-refractivity contribution is -0.133. The topological polar surface area (TPSA) is 58.6 Å². The molecule has 0 aliphatic heterocycles. The Labute approximate surface area is 107 Å². The van der Waals surface area contributed by atoms with E-state index < -0.39 is 12.2 Å². The Morgan fingerprint density at radius 2 is 2.28 bits per heavy atom. The molecule has 1 aliphatic carbocycles. The summed E-state index contributed by atoms with van der Waals surface area (Å²) < 4.78 is 5.24. The number of aliphatic hydroxyl groups is 1. The van der Waals surface area contributed by atoms with Gasteiger partial charge in [0.2, 0.25) is 5.91 Å². The van der Waals surface area contributed by atoms with Gasteiger partial charge in [0.15, 0.2) is 0 Å². The third kappa shape index (κ3) is 2.54. The highest BCUT2D eigenvalue weighted by Gasteiger charge is 2.32. The number of rotatable bonds is 4. The van der Waals surface area contributed by atoms with Gasteiger partial charge in [-0.15, -0.1) is 0 Å². The van der Waals surface area contributed by atoms with E-state index in [1.807, 2.05) is 31.2 Å². The maximum Gasteiger partial charge on any atom is 0.249 e. The van der Waals surface area contributed by atoms with Gasteiger partial charge in [-0.05, 0) is 25.0 Å². The number of hydrogen-bond acceptors (Lipinski definition) is 3. The number of carbonyl (C=O) groups is 1. The largest absolute Gasteiger partial charge is 0.390 e. The summed E-state index contributed by atoms with van der Waals surface area (Å²) in [6, 6.07) is 7.47. The maximum absolute atomic E-state index is 11.9. The predicted molar refractivity (Wildman–Crippen MR) is 68.1 cm³/mol. The third-order valence-corrected chi connectivity index (χ3v) is 3.29. The Balaban J connectivity index is 2.08. The van der Waals surface area contributed by atoms with Crippen LogP contribution in [0.4, 0.5) is 0 Å². The first-order valence-electron chi connectivity index (χ1n) is 6.31. The predicted octanol–water partition coefficient (Wildman–Crippen LogP) is 1.19. The fourth-order valence-corrected chi connectivity index (χ4v) is 2.34. The van der Waals surface area contributed by atoms with Crippen LogP contribution in [0, 0.1) is 0 Å². The lowest BCUT2D eigenvalue weighted by Crippen LogP contribution is -2.40. The first-order chi connectivity index (χ1) is 8.63. The molecule has 98 valence electrons. The molecule has 1 aromatic carbocycles. The second-order valence-electron chi connectivity index (χ2n) is 4.55. The van der Waals surface area contributed by atoms with E-state index in [2.05, 4.69) is 5.32 Å². The number of benzene rings is 1. The zero-order valence-corrected chi connectivity index (χ0v) is 10.7. The maximum atomic E-state index is 11.9. The van der Waals surface area contributed by atoms with E-state index in [0.717, 1.165) is 11.1 Å². The number of ether oxygens (including phenoxy) is 1. The molecule has 4 nitrogen and oxygen atoms in total. The summed E-state index contributed by atoms with van der Waals surface area (Å²) in [5.74, 6) is -0.183. The van der Waals surface area contributed by atoms with Crippen LogP contribution >= 0.6 is 0 Å². The van der Waals surface area contributed by atoms with Crippen LogP contribution in [-0.4, -0.2) is 29.8 Å². The molecule has 1 aliphatic rings. The van der Waals surface area contributed by atoms with E-state index in [-0.39, 0.29) is 11.9 Å². The molecule has 1 amide bonds. The summed E-state index contributed by atoms with van der Waals surface area (Å²) >= 11 is 0. The lowest BCUT2D eigenvalue weighted by Gasteiger charge is -2.20. The van der Waals surface area contributed by atoms with Crippen molar-refractivity contribution < 1.29 is 14.6 Å². The van der Waals surface area contributed by atoms with Gasteiger partial charge >= 0.3 is 0 Å². The zero-order chi connectivity index (χ0) is 13.1. The van der Waals surface area contributed by atoms with E-state index in [4.69, 9.17) is 4.74 Å². The highest BCUT2D eigenvalue weighted by atomic mass is 16.5. The molecule has 3 atom stereocenters. The number of carbonyl (C=O) groups excluding carboxylic acids is 1. The Hall–Kier alpha value is -1.39. The Morgan fingerprint density at radius 1 is 1.56 bits per heavy atom. The second-order valence-corrected chi connectivity index (χ2v) is 4.55. The summed E-state index contributed by atoms with van der Waals surface area (Å²) in [5, 5.41) is 12.9. The first-order valence-corrected chi connectivity index (χ1v) is 6.31. The third-order valence-electron chi connectivity index (χ3n) is 3.29. The van der Waals surface area contributed by atoms with Crippen molar-refractivity contribution in [1.82, 2.24) is 5.32 Å². The fourth-order valence-electron chi connectivity index (χ4n) is 2.34. The molecule has 2 rings (SSSR count). The van der Waals surface area contributed by atoms with Crippen molar-refractivity contribution in [2.24, 2.45) is 0 Å². The van der Waals surface area contributed by atoms with Gasteiger partial charge in [-0.3, -0.25) is 4.79 Å². The van der Waals surface area contributed by atoms with Crippen LogP contribution in [0.3, 0.4) is 0 Å². The first kappa shape index (κ1) is 13.1. The molecule has 0 radical (unpaired) electrons. The van der Waals surface area contributed by atoms with Gasteiger partial charge in [-0.25, -0.2) is 0 Å². The lowest BCUT2D eigenvalue weighted by atomic mass is 10.1. The van der Waals surface area contributed by atoms with Crippen molar-refractivity contribution in [1.29, 1.82) is 0 Å². The van der Waals surface area contributed by atoms with Crippen molar-refractivity contribution in [2.75, 3.05) is 6.61 Å². The zero-order valence-electron chi connectivity index (χ0n) is 10.7. The second kappa shape index (κ2) is 5.50. The minimum atomic E-state index is -0.555. The molecule has 0 heterocycles. The van der Waals surface area contributed by atoms with E-state index >= 15 is 0 Å². The number of hydrogen-bond donors (Lipinski definition) is 2. The summed E-state index contributed by atoms with van der Waals surface area (Å²) in [5.41, 5.74) is 2.10. The van der Waals surface area contributed by atoms with Gasteiger partial charge in [0, 0.05) is 13.0 Å². The molecule has 4 heteroatoms. The van der Waals surface area contributed by atoms with Crippen LogP contribution < -0.4 is 5.32 Å². The summed E-state index contributed by atoms with van der Waals surface area (Å²) in [7, 11) is 0. The van der Waals surface area contributed by atoms with Crippen molar-refractivity contribution in [3.8, 4) is 0 Å².